The van der Waals surface area contributed by atoms with Gasteiger partial charge in [0.25, 0.3) is 11.4 Å². The van der Waals surface area contributed by atoms with Gasteiger partial charge in [-0.1, -0.05) is 41.1 Å². The fourth-order valence-corrected chi connectivity index (χ4v) is 4.69. The highest BCUT2D eigenvalue weighted by Gasteiger charge is 2.20. The van der Waals surface area contributed by atoms with Gasteiger partial charge in [-0.2, -0.15) is 10.2 Å². The van der Waals surface area contributed by atoms with Crippen molar-refractivity contribution in [3.8, 4) is 28.2 Å². The van der Waals surface area contributed by atoms with E-state index in [1.165, 1.54) is 17.7 Å². The van der Waals surface area contributed by atoms with E-state index in [4.69, 9.17) is 9.78 Å². The zero-order valence-corrected chi connectivity index (χ0v) is 18.2. The third kappa shape index (κ3) is 3.49. The maximum atomic E-state index is 13.2. The molecule has 0 saturated heterocycles. The van der Waals surface area contributed by atoms with Crippen LogP contribution in [0.25, 0.3) is 32.4 Å². The number of benzene rings is 2. The number of thiophene rings is 1. The summed E-state index contributed by atoms with van der Waals surface area (Å²) in [5.41, 5.74) is 4.02. The normalized spacial score (nSPS) is 11.0. The van der Waals surface area contributed by atoms with Crippen molar-refractivity contribution >= 4 is 21.6 Å². The van der Waals surface area contributed by atoms with Crippen molar-refractivity contribution in [3.63, 3.8) is 0 Å². The van der Waals surface area contributed by atoms with Gasteiger partial charge in [-0.3, -0.25) is 9.36 Å². The molecule has 0 amide bonds. The second-order valence-electron chi connectivity index (χ2n) is 7.52. The Bertz CT molecular complexity index is 1570. The minimum atomic E-state index is -0.143. The van der Waals surface area contributed by atoms with Crippen LogP contribution in [0.4, 0.5) is 0 Å². The number of hydrogen-bond acceptors (Lipinski definition) is 7. The Hall–Kier alpha value is -4.09. The van der Waals surface area contributed by atoms with Crippen molar-refractivity contribution in [1.29, 1.82) is 5.26 Å². The Labute approximate surface area is 187 Å². The van der Waals surface area contributed by atoms with Gasteiger partial charge in [0, 0.05) is 5.56 Å². The van der Waals surface area contributed by atoms with Crippen molar-refractivity contribution in [1.82, 2.24) is 19.7 Å². The van der Waals surface area contributed by atoms with E-state index in [1.54, 1.807) is 22.8 Å². The zero-order valence-electron chi connectivity index (χ0n) is 17.4. The van der Waals surface area contributed by atoms with Crippen molar-refractivity contribution in [3.05, 3.63) is 87.5 Å². The molecule has 8 heteroatoms. The van der Waals surface area contributed by atoms with Crippen LogP contribution in [0.15, 0.2) is 64.2 Å². The molecule has 5 aromatic rings. The fraction of sp³-hybridized carbons (Fsp3) is 0.125. The number of hydrogen-bond donors (Lipinski definition) is 0. The van der Waals surface area contributed by atoms with E-state index in [1.807, 2.05) is 44.2 Å². The Kier molecular flexibility index (Phi) is 4.88. The molecule has 2 aromatic carbocycles. The van der Waals surface area contributed by atoms with E-state index in [-0.39, 0.29) is 5.56 Å². The molecule has 0 aliphatic carbocycles. The summed E-state index contributed by atoms with van der Waals surface area (Å²) in [6, 6.07) is 17.2. The highest BCUT2D eigenvalue weighted by molar-refractivity contribution is 7.22. The van der Waals surface area contributed by atoms with E-state index in [0.29, 0.717) is 34.0 Å². The molecular weight excluding hydrogens is 422 g/mol. The van der Waals surface area contributed by atoms with Crippen LogP contribution in [0.3, 0.4) is 0 Å². The maximum Gasteiger partial charge on any atom is 0.268 e. The van der Waals surface area contributed by atoms with Gasteiger partial charge in [-0.15, -0.1) is 11.3 Å². The van der Waals surface area contributed by atoms with Crippen LogP contribution in [0, 0.1) is 25.2 Å². The molecule has 0 N–H and O–H groups in total. The summed E-state index contributed by atoms with van der Waals surface area (Å²) in [7, 11) is 0. The number of aryl methyl sites for hydroxylation is 2. The summed E-state index contributed by atoms with van der Waals surface area (Å²) < 4.78 is 7.08. The van der Waals surface area contributed by atoms with Crippen LogP contribution in [0.5, 0.6) is 0 Å². The topological polar surface area (TPSA) is 97.6 Å². The Morgan fingerprint density at radius 1 is 1.16 bits per heavy atom. The minimum absolute atomic E-state index is 0.143. The monoisotopic (exact) mass is 439 g/mol. The smallest absolute Gasteiger partial charge is 0.268 e. The van der Waals surface area contributed by atoms with E-state index < -0.39 is 0 Å². The quantitative estimate of drug-likeness (QED) is 0.402. The third-order valence-corrected chi connectivity index (χ3v) is 6.41. The summed E-state index contributed by atoms with van der Waals surface area (Å²) in [6.45, 7) is 4.21. The second-order valence-corrected chi connectivity index (χ2v) is 8.52. The first-order chi connectivity index (χ1) is 15.5. The van der Waals surface area contributed by atoms with Gasteiger partial charge in [-0.05, 0) is 43.2 Å². The summed E-state index contributed by atoms with van der Waals surface area (Å²) >= 11 is 1.36. The lowest BCUT2D eigenvalue weighted by Crippen LogP contribution is -2.21. The largest absolute Gasteiger partial charge is 0.333 e. The second kappa shape index (κ2) is 7.87. The number of fused-ring (bicyclic) bond motifs is 1. The van der Waals surface area contributed by atoms with Gasteiger partial charge >= 0.3 is 0 Å². The molecule has 0 bridgehead atoms. The first kappa shape index (κ1) is 19.8. The minimum Gasteiger partial charge on any atom is -0.333 e. The van der Waals surface area contributed by atoms with Crippen LogP contribution in [0.2, 0.25) is 0 Å². The van der Waals surface area contributed by atoms with Crippen molar-refractivity contribution in [2.24, 2.45) is 0 Å². The van der Waals surface area contributed by atoms with Gasteiger partial charge in [0.05, 0.1) is 34.8 Å². The van der Waals surface area contributed by atoms with E-state index in [9.17, 15) is 4.79 Å². The average molecular weight is 440 g/mol. The van der Waals surface area contributed by atoms with Crippen LogP contribution >= 0.6 is 11.3 Å². The molecule has 0 fully saturated rings. The summed E-state index contributed by atoms with van der Waals surface area (Å²) in [4.78, 5) is 23.6. The van der Waals surface area contributed by atoms with Crippen molar-refractivity contribution < 1.29 is 4.52 Å². The first-order valence-corrected chi connectivity index (χ1v) is 10.7. The van der Waals surface area contributed by atoms with Gasteiger partial charge in [-0.25, -0.2) is 4.98 Å². The molecule has 7 nitrogen and oxygen atoms in total. The van der Waals surface area contributed by atoms with Gasteiger partial charge in [0.2, 0.25) is 5.82 Å². The van der Waals surface area contributed by atoms with Crippen molar-refractivity contribution in [2.75, 3.05) is 0 Å². The number of rotatable bonds is 4. The molecule has 3 heterocycles. The summed E-state index contributed by atoms with van der Waals surface area (Å²) in [5, 5.41) is 13.8. The average Bonchev–Trinajstić information content (AvgIpc) is 3.41. The molecule has 156 valence electrons. The van der Waals surface area contributed by atoms with Crippen LogP contribution in [0.1, 0.15) is 22.3 Å². The molecule has 0 aliphatic rings. The van der Waals surface area contributed by atoms with Crippen LogP contribution in [-0.2, 0) is 6.54 Å². The predicted octanol–water partition coefficient (Wildman–Crippen LogP) is 4.71. The predicted molar refractivity (Wildman–Crippen MR) is 122 cm³/mol. The molecule has 3 aromatic heterocycles. The molecule has 0 saturated carbocycles. The lowest BCUT2D eigenvalue weighted by atomic mass is 10.1. The van der Waals surface area contributed by atoms with Gasteiger partial charge < -0.3 is 4.52 Å². The lowest BCUT2D eigenvalue weighted by Gasteiger charge is -2.06. The van der Waals surface area contributed by atoms with Gasteiger partial charge in [0.15, 0.2) is 0 Å². The molecule has 0 atom stereocenters. The summed E-state index contributed by atoms with van der Waals surface area (Å²) in [5.74, 6) is 0.873. The van der Waals surface area contributed by atoms with E-state index in [0.717, 1.165) is 27.1 Å². The standard InChI is InChI=1S/C24H17N5O2S/c1-14-5-3-8-18(9-14)21-27-22(31-28-21)20-15(2)19-23(32-20)26-13-29(24(19)30)12-17-7-4-6-16(10-17)11-25/h3-10,13H,12H2,1-2H3. The molecule has 0 spiro atoms. The number of nitriles is 1. The number of aromatic nitrogens is 4. The van der Waals surface area contributed by atoms with Gasteiger partial charge in [0.1, 0.15) is 4.83 Å². The lowest BCUT2D eigenvalue weighted by molar-refractivity contribution is 0.433. The zero-order chi connectivity index (χ0) is 22.2. The fourth-order valence-electron chi connectivity index (χ4n) is 3.63. The van der Waals surface area contributed by atoms with E-state index >= 15 is 0 Å². The highest BCUT2D eigenvalue weighted by atomic mass is 32.1. The maximum absolute atomic E-state index is 13.2. The molecule has 0 unspecified atom stereocenters. The number of nitrogens with zero attached hydrogens (tertiary/aromatic N) is 5. The Balaban J connectivity index is 1.54. The Morgan fingerprint density at radius 3 is 2.81 bits per heavy atom. The third-order valence-electron chi connectivity index (χ3n) is 5.22. The SMILES string of the molecule is Cc1cccc(-c2noc(-c3sc4ncn(Cc5cccc(C#N)c5)c(=O)c4c3C)n2)c1. The van der Waals surface area contributed by atoms with Crippen LogP contribution < -0.4 is 5.56 Å². The molecule has 0 radical (unpaired) electrons. The first-order valence-electron chi connectivity index (χ1n) is 9.92. The van der Waals surface area contributed by atoms with E-state index in [2.05, 4.69) is 21.2 Å². The van der Waals surface area contributed by atoms with Crippen LogP contribution in [-0.4, -0.2) is 19.7 Å². The summed E-state index contributed by atoms with van der Waals surface area (Å²) in [6.07, 6.45) is 1.54. The Morgan fingerprint density at radius 2 is 2.00 bits per heavy atom. The highest BCUT2D eigenvalue weighted by Crippen LogP contribution is 2.35. The molecule has 0 aliphatic heterocycles. The molecule has 32 heavy (non-hydrogen) atoms. The van der Waals surface area contributed by atoms with Crippen molar-refractivity contribution in [2.45, 2.75) is 20.4 Å². The molecular formula is C24H17N5O2S. The molecule has 5 rings (SSSR count).